The first-order valence-corrected chi connectivity index (χ1v) is 34.9. The van der Waals surface area contributed by atoms with Crippen molar-refractivity contribution in [3.63, 3.8) is 0 Å². The third-order valence-corrected chi connectivity index (χ3v) is 16.7. The molecule has 18 heteroatoms. The molecule has 0 radical (unpaired) electrons. The Morgan fingerprint density at radius 3 is 1.54 bits per heavy atom. The summed E-state index contributed by atoms with van der Waals surface area (Å²) < 4.78 is 36.6. The predicted molar refractivity (Wildman–Crippen MR) is 282 cm³/mol. The molecule has 4 aliphatic heterocycles. The SMILES string of the molecule is COc1cc2c(cc1OCCCOc1cc3c(cc1OC)C(=O)N1C=C(c4ccc(N)cc4)C[C@H]1C(=O)N3COCC[Si](C)(C)C)N(COCC[Si](C)(C)C)C(=O)[C@@H]1CC(C#C[Si](C)(C)C)=CN1C2=O. The lowest BCUT2D eigenvalue weighted by molar-refractivity contribution is -0.123. The van der Waals surface area contributed by atoms with E-state index in [4.69, 9.17) is 34.2 Å². The number of anilines is 3. The number of nitrogen functional groups attached to an aromatic ring is 1. The highest BCUT2D eigenvalue weighted by molar-refractivity contribution is 6.84. The molecule has 4 aliphatic rings. The number of carbonyl (C=O) groups excluding carboxylic acids is 4. The van der Waals surface area contributed by atoms with E-state index in [1.165, 1.54) is 24.0 Å². The number of benzene rings is 3. The van der Waals surface area contributed by atoms with Gasteiger partial charge in [-0.05, 0) is 47.5 Å². The molecule has 2 atom stereocenters. The van der Waals surface area contributed by atoms with Gasteiger partial charge < -0.3 is 44.0 Å². The van der Waals surface area contributed by atoms with E-state index in [9.17, 15) is 19.2 Å². The first-order chi connectivity index (χ1) is 33.1. The maximum Gasteiger partial charge on any atom is 0.260 e. The summed E-state index contributed by atoms with van der Waals surface area (Å²) in [4.78, 5) is 63.8. The van der Waals surface area contributed by atoms with Gasteiger partial charge in [-0.1, -0.05) is 77.0 Å². The molecular weight excluding hydrogens is 939 g/mol. The van der Waals surface area contributed by atoms with Crippen molar-refractivity contribution in [3.05, 3.63) is 83.2 Å². The highest BCUT2D eigenvalue weighted by atomic mass is 28.3. The molecule has 0 spiro atoms. The molecule has 0 fully saturated rings. The number of nitrogens with zero attached hydrogens (tertiary/aromatic N) is 4. The fraction of sp³-hybridized carbons (Fsp3) is 0.462. The van der Waals surface area contributed by atoms with Crippen LogP contribution in [0.5, 0.6) is 23.0 Å². The van der Waals surface area contributed by atoms with Crippen LogP contribution in [0.2, 0.25) is 71.0 Å². The van der Waals surface area contributed by atoms with Crippen molar-refractivity contribution in [2.24, 2.45) is 0 Å². The van der Waals surface area contributed by atoms with Crippen LogP contribution >= 0.6 is 0 Å². The molecular formula is C52H69N5O10Si3. The van der Waals surface area contributed by atoms with Gasteiger partial charge in [0.25, 0.3) is 23.6 Å². The van der Waals surface area contributed by atoms with Gasteiger partial charge in [-0.3, -0.25) is 29.0 Å². The maximum absolute atomic E-state index is 14.5. The van der Waals surface area contributed by atoms with Crippen molar-refractivity contribution in [3.8, 4) is 34.5 Å². The van der Waals surface area contributed by atoms with Gasteiger partial charge in [0, 0.05) is 84.4 Å². The quantitative estimate of drug-likeness (QED) is 0.0529. The lowest BCUT2D eigenvalue weighted by Crippen LogP contribution is -2.45. The average molecular weight is 1010 g/mol. The number of hydrogen-bond acceptors (Lipinski definition) is 11. The van der Waals surface area contributed by atoms with Crippen LogP contribution in [0, 0.1) is 11.5 Å². The van der Waals surface area contributed by atoms with Crippen LogP contribution in [-0.2, 0) is 19.1 Å². The van der Waals surface area contributed by atoms with Crippen molar-refractivity contribution in [1.82, 2.24) is 9.80 Å². The Kier molecular flexibility index (Phi) is 15.8. The molecule has 374 valence electrons. The van der Waals surface area contributed by atoms with Crippen LogP contribution in [-0.4, -0.2) is 124 Å². The fourth-order valence-electron chi connectivity index (χ4n) is 8.35. The van der Waals surface area contributed by atoms with Gasteiger partial charge in [-0.2, -0.15) is 0 Å². The van der Waals surface area contributed by atoms with E-state index in [0.717, 1.165) is 28.8 Å². The highest BCUT2D eigenvalue weighted by Crippen LogP contribution is 2.43. The first kappa shape index (κ1) is 52.0. The van der Waals surface area contributed by atoms with E-state index in [2.05, 4.69) is 70.4 Å². The monoisotopic (exact) mass is 1010 g/mol. The number of methoxy groups -OCH3 is 2. The molecule has 4 heterocycles. The van der Waals surface area contributed by atoms with E-state index >= 15 is 0 Å². The second-order valence-corrected chi connectivity index (χ2v) is 37.6. The van der Waals surface area contributed by atoms with Crippen LogP contribution in [0.3, 0.4) is 0 Å². The molecule has 15 nitrogen and oxygen atoms in total. The van der Waals surface area contributed by atoms with E-state index in [1.807, 2.05) is 12.1 Å². The second-order valence-electron chi connectivity index (χ2n) is 21.6. The van der Waals surface area contributed by atoms with Crippen molar-refractivity contribution >= 4 is 70.5 Å². The summed E-state index contributed by atoms with van der Waals surface area (Å²) in [5.74, 6) is 3.36. The molecule has 3 aromatic carbocycles. The zero-order chi connectivity index (χ0) is 50.7. The van der Waals surface area contributed by atoms with Crippen molar-refractivity contribution < 1.29 is 47.6 Å². The molecule has 4 amide bonds. The molecule has 2 N–H and O–H groups in total. The Bertz CT molecular complexity index is 2620. The maximum atomic E-state index is 14.5. The lowest BCUT2D eigenvalue weighted by atomic mass is 10.0. The van der Waals surface area contributed by atoms with Crippen LogP contribution in [0.15, 0.2) is 66.5 Å². The number of ether oxygens (including phenoxy) is 6. The summed E-state index contributed by atoms with van der Waals surface area (Å²) in [7, 11) is -1.58. The van der Waals surface area contributed by atoms with Crippen LogP contribution in [0.4, 0.5) is 17.1 Å². The minimum atomic E-state index is -1.72. The molecule has 0 aromatic heterocycles. The largest absolute Gasteiger partial charge is 0.493 e. The number of rotatable bonds is 19. The summed E-state index contributed by atoms with van der Waals surface area (Å²) in [5.41, 5.74) is 13.7. The predicted octanol–water partition coefficient (Wildman–Crippen LogP) is 8.69. The van der Waals surface area contributed by atoms with Gasteiger partial charge in [0.1, 0.15) is 33.6 Å². The van der Waals surface area contributed by atoms with Crippen molar-refractivity contribution in [2.75, 3.05) is 69.6 Å². The van der Waals surface area contributed by atoms with Crippen LogP contribution < -0.4 is 34.5 Å². The smallest absolute Gasteiger partial charge is 0.260 e. The molecule has 7 rings (SSSR count). The zero-order valence-electron chi connectivity index (χ0n) is 42.7. The number of nitrogens with two attached hydrogens (primary N) is 1. The summed E-state index contributed by atoms with van der Waals surface area (Å²) >= 11 is 0. The normalized spacial score (nSPS) is 18.0. The van der Waals surface area contributed by atoms with E-state index in [1.54, 1.807) is 58.6 Å². The third kappa shape index (κ3) is 12.2. The van der Waals surface area contributed by atoms with Gasteiger partial charge in [0.2, 0.25) is 0 Å². The van der Waals surface area contributed by atoms with Crippen LogP contribution in [0.25, 0.3) is 5.57 Å². The molecule has 0 bridgehead atoms. The van der Waals surface area contributed by atoms with Gasteiger partial charge >= 0.3 is 0 Å². The van der Waals surface area contributed by atoms with E-state index in [-0.39, 0.29) is 61.4 Å². The Balaban J connectivity index is 1.11. The number of fused-ring (bicyclic) bond motifs is 4. The summed E-state index contributed by atoms with van der Waals surface area (Å²) in [6, 6.07) is 14.2. The average Bonchev–Trinajstić information content (AvgIpc) is 3.92. The number of carbonyl (C=O) groups is 4. The minimum absolute atomic E-state index is 0.0364. The van der Waals surface area contributed by atoms with Gasteiger partial charge in [0.15, 0.2) is 23.0 Å². The Morgan fingerprint density at radius 2 is 1.09 bits per heavy atom. The second kappa shape index (κ2) is 21.2. The molecule has 70 heavy (non-hydrogen) atoms. The Labute approximate surface area is 415 Å². The molecule has 0 saturated heterocycles. The van der Waals surface area contributed by atoms with Gasteiger partial charge in [-0.25, -0.2) is 0 Å². The van der Waals surface area contributed by atoms with Crippen molar-refractivity contribution in [1.29, 1.82) is 0 Å². The third-order valence-electron chi connectivity index (χ3n) is 12.4. The number of hydrogen-bond donors (Lipinski definition) is 1. The topological polar surface area (TPSA) is 163 Å². The number of amides is 4. The van der Waals surface area contributed by atoms with E-state index in [0.29, 0.717) is 72.5 Å². The Hall–Kier alpha value is -5.85. The first-order valence-electron chi connectivity index (χ1n) is 24.0. The summed E-state index contributed by atoms with van der Waals surface area (Å²) in [6.45, 7) is 21.3. The van der Waals surface area contributed by atoms with E-state index < -0.39 is 36.3 Å². The Morgan fingerprint density at radius 1 is 0.614 bits per heavy atom. The summed E-state index contributed by atoms with van der Waals surface area (Å²) in [6.07, 6.45) is 4.50. The van der Waals surface area contributed by atoms with Crippen molar-refractivity contribution in [2.45, 2.75) is 102 Å². The highest BCUT2D eigenvalue weighted by Gasteiger charge is 2.45. The summed E-state index contributed by atoms with van der Waals surface area (Å²) in [5, 5.41) is 0. The fourth-order valence-corrected chi connectivity index (χ4v) is 10.4. The molecule has 0 unspecified atom stereocenters. The van der Waals surface area contributed by atoms with Crippen LogP contribution in [0.1, 0.15) is 45.5 Å². The standard InChI is InChI=1S/C52H69N5O10Si3/c1-62-45-27-39-41(56(33-64-20-23-69(6,7)8)51(60)43-25-35(17-22-68(3,4)5)31-54(43)49(39)58)29-47(45)66-18-12-19-67-48-30-42-40(28-46(48)63-2)50(59)55-32-37(36-13-15-38(53)16-14-36)26-44(55)52(61)57(42)34-65-21-24-70(9,10)11/h13-16,27-32,43-44H,12,18-21,23-26,33-34,53H2,1-11H3/t43-,44-/m0/s1. The zero-order valence-corrected chi connectivity index (χ0v) is 45.7. The molecule has 0 aliphatic carbocycles. The van der Waals surface area contributed by atoms with Gasteiger partial charge in [0.05, 0.1) is 49.9 Å². The lowest BCUT2D eigenvalue weighted by Gasteiger charge is -2.27. The minimum Gasteiger partial charge on any atom is -0.493 e. The molecule has 3 aromatic rings. The van der Waals surface area contributed by atoms with Gasteiger partial charge in [-0.15, -0.1) is 5.54 Å². The molecule has 0 saturated carbocycles.